The molecule has 1 aliphatic carbocycles. The van der Waals surface area contributed by atoms with Crippen molar-refractivity contribution in [3.05, 3.63) is 54.6 Å². The minimum absolute atomic E-state index is 0.169. The highest BCUT2D eigenvalue weighted by Gasteiger charge is 2.43. The zero-order chi connectivity index (χ0) is 19.1. The number of para-hydroxylation sites is 1. The number of benzene rings is 2. The quantitative estimate of drug-likeness (QED) is 0.757. The molecule has 6 heteroatoms. The summed E-state index contributed by atoms with van der Waals surface area (Å²) in [7, 11) is 1.34. The van der Waals surface area contributed by atoms with E-state index in [1.165, 1.54) is 7.11 Å². The van der Waals surface area contributed by atoms with Crippen molar-refractivity contribution in [2.45, 2.75) is 31.2 Å². The van der Waals surface area contributed by atoms with Gasteiger partial charge in [-0.2, -0.15) is 0 Å². The fourth-order valence-electron chi connectivity index (χ4n) is 3.23. The van der Waals surface area contributed by atoms with Crippen LogP contribution in [-0.2, 0) is 14.3 Å². The molecule has 0 bridgehead atoms. The van der Waals surface area contributed by atoms with Gasteiger partial charge in [0.2, 0.25) is 0 Å². The first-order valence-electron chi connectivity index (χ1n) is 8.96. The van der Waals surface area contributed by atoms with Crippen LogP contribution in [0.25, 0.3) is 0 Å². The second-order valence-electron chi connectivity index (χ2n) is 6.50. The smallest absolute Gasteiger partial charge is 0.331 e. The summed E-state index contributed by atoms with van der Waals surface area (Å²) in [4.78, 5) is 24.3. The van der Waals surface area contributed by atoms with Gasteiger partial charge in [-0.3, -0.25) is 4.79 Å². The normalized spacial score (nSPS) is 15.0. The van der Waals surface area contributed by atoms with Crippen molar-refractivity contribution in [2.24, 2.45) is 0 Å². The molecule has 6 nitrogen and oxygen atoms in total. The lowest BCUT2D eigenvalue weighted by atomic mass is 9.98. The Morgan fingerprint density at radius 3 is 2.15 bits per heavy atom. The summed E-state index contributed by atoms with van der Waals surface area (Å²) in [6.45, 7) is -0.169. The standard InChI is InChI=1S/C21H23NO5/c1-25-20(24)21(13-5-6-14-21)22-19(23)15-26-16-9-11-18(12-10-16)27-17-7-3-2-4-8-17/h2-4,7-12H,5-6,13-15H2,1H3,(H,22,23). The number of carbonyl (C=O) groups is 2. The molecule has 1 N–H and O–H groups in total. The molecule has 0 radical (unpaired) electrons. The first kappa shape index (κ1) is 18.8. The van der Waals surface area contributed by atoms with Crippen molar-refractivity contribution in [3.63, 3.8) is 0 Å². The lowest BCUT2D eigenvalue weighted by molar-refractivity contribution is -0.151. The Balaban J connectivity index is 1.52. The Morgan fingerprint density at radius 2 is 1.52 bits per heavy atom. The monoisotopic (exact) mass is 369 g/mol. The molecule has 0 saturated heterocycles. The van der Waals surface area contributed by atoms with Gasteiger partial charge in [0.05, 0.1) is 7.11 Å². The van der Waals surface area contributed by atoms with Crippen molar-refractivity contribution in [2.75, 3.05) is 13.7 Å². The maximum absolute atomic E-state index is 12.2. The van der Waals surface area contributed by atoms with Crippen LogP contribution in [0, 0.1) is 0 Å². The van der Waals surface area contributed by atoms with E-state index in [2.05, 4.69) is 5.32 Å². The second-order valence-corrected chi connectivity index (χ2v) is 6.50. The molecule has 0 heterocycles. The Kier molecular flexibility index (Phi) is 5.96. The van der Waals surface area contributed by atoms with E-state index < -0.39 is 11.5 Å². The van der Waals surface area contributed by atoms with E-state index in [9.17, 15) is 9.59 Å². The molecule has 0 atom stereocenters. The highest BCUT2D eigenvalue weighted by atomic mass is 16.5. The summed E-state index contributed by atoms with van der Waals surface area (Å²) in [5.41, 5.74) is -0.914. The number of amides is 1. The Labute approximate surface area is 158 Å². The van der Waals surface area contributed by atoms with Crippen molar-refractivity contribution >= 4 is 11.9 Å². The number of carbonyl (C=O) groups excluding carboxylic acids is 2. The van der Waals surface area contributed by atoms with Gasteiger partial charge in [-0.15, -0.1) is 0 Å². The van der Waals surface area contributed by atoms with E-state index in [0.29, 0.717) is 24.3 Å². The predicted octanol–water partition coefficient (Wildman–Crippen LogP) is 3.46. The van der Waals surface area contributed by atoms with E-state index in [4.69, 9.17) is 14.2 Å². The lowest BCUT2D eigenvalue weighted by Gasteiger charge is -2.27. The first-order chi connectivity index (χ1) is 13.1. The summed E-state index contributed by atoms with van der Waals surface area (Å²) in [5.74, 6) is 1.23. The zero-order valence-electron chi connectivity index (χ0n) is 15.3. The molecule has 27 heavy (non-hydrogen) atoms. The van der Waals surface area contributed by atoms with Gasteiger partial charge in [0.1, 0.15) is 22.8 Å². The molecule has 2 aromatic carbocycles. The Bertz CT molecular complexity index is 767. The molecule has 0 aliphatic heterocycles. The number of rotatable bonds is 7. The van der Waals surface area contributed by atoms with E-state index in [0.717, 1.165) is 18.6 Å². The lowest BCUT2D eigenvalue weighted by Crippen LogP contribution is -2.54. The van der Waals surface area contributed by atoms with E-state index in [1.807, 2.05) is 30.3 Å². The molecule has 1 saturated carbocycles. The predicted molar refractivity (Wildman–Crippen MR) is 99.8 cm³/mol. The maximum Gasteiger partial charge on any atom is 0.331 e. The summed E-state index contributed by atoms with van der Waals surface area (Å²) in [6, 6.07) is 16.5. The van der Waals surface area contributed by atoms with Crippen LogP contribution < -0.4 is 14.8 Å². The average Bonchev–Trinajstić information content (AvgIpc) is 3.17. The van der Waals surface area contributed by atoms with Crippen LogP contribution in [0.4, 0.5) is 0 Å². The maximum atomic E-state index is 12.2. The highest BCUT2D eigenvalue weighted by molar-refractivity contribution is 5.88. The molecule has 1 amide bonds. The highest BCUT2D eigenvalue weighted by Crippen LogP contribution is 2.31. The second kappa shape index (κ2) is 8.58. The molecule has 0 spiro atoms. The molecule has 1 fully saturated rings. The van der Waals surface area contributed by atoms with Crippen molar-refractivity contribution in [1.29, 1.82) is 0 Å². The molecule has 0 aromatic heterocycles. The SMILES string of the molecule is COC(=O)C1(NC(=O)COc2ccc(Oc3ccccc3)cc2)CCCC1. The third-order valence-electron chi connectivity index (χ3n) is 4.58. The van der Waals surface area contributed by atoms with Gasteiger partial charge in [-0.25, -0.2) is 4.79 Å². The van der Waals surface area contributed by atoms with E-state index >= 15 is 0 Å². The van der Waals surface area contributed by atoms with Gasteiger partial charge in [-0.05, 0) is 49.2 Å². The van der Waals surface area contributed by atoms with Gasteiger partial charge >= 0.3 is 5.97 Å². The fourth-order valence-corrected chi connectivity index (χ4v) is 3.23. The molecule has 3 rings (SSSR count). The van der Waals surface area contributed by atoms with Crippen LogP contribution in [0.3, 0.4) is 0 Å². The van der Waals surface area contributed by atoms with Gasteiger partial charge in [0.25, 0.3) is 5.91 Å². The van der Waals surface area contributed by atoms with Crippen LogP contribution in [0.2, 0.25) is 0 Å². The number of esters is 1. The number of ether oxygens (including phenoxy) is 3. The van der Waals surface area contributed by atoms with Crippen LogP contribution in [0.5, 0.6) is 17.2 Å². The molecule has 1 aliphatic rings. The molecular weight excluding hydrogens is 346 g/mol. The summed E-state index contributed by atoms with van der Waals surface area (Å²) in [6.07, 6.45) is 2.96. The van der Waals surface area contributed by atoms with Crippen molar-refractivity contribution in [1.82, 2.24) is 5.32 Å². The summed E-state index contributed by atoms with van der Waals surface area (Å²) in [5, 5.41) is 2.79. The van der Waals surface area contributed by atoms with Gasteiger partial charge in [0, 0.05) is 0 Å². The minimum atomic E-state index is -0.914. The molecular formula is C21H23NO5. The van der Waals surface area contributed by atoms with E-state index in [1.54, 1.807) is 24.3 Å². The number of hydrogen-bond donors (Lipinski definition) is 1. The van der Waals surface area contributed by atoms with E-state index in [-0.39, 0.29) is 12.5 Å². The van der Waals surface area contributed by atoms with Crippen molar-refractivity contribution < 1.29 is 23.8 Å². The first-order valence-corrected chi connectivity index (χ1v) is 8.96. The fraction of sp³-hybridized carbons (Fsp3) is 0.333. The van der Waals surface area contributed by atoms with Crippen LogP contribution >= 0.6 is 0 Å². The van der Waals surface area contributed by atoms with Gasteiger partial charge in [-0.1, -0.05) is 31.0 Å². The number of hydrogen-bond acceptors (Lipinski definition) is 5. The van der Waals surface area contributed by atoms with Crippen LogP contribution in [-0.4, -0.2) is 31.1 Å². The number of nitrogens with one attached hydrogen (secondary N) is 1. The Morgan fingerprint density at radius 1 is 0.926 bits per heavy atom. The Hall–Kier alpha value is -3.02. The third kappa shape index (κ3) is 4.78. The largest absolute Gasteiger partial charge is 0.484 e. The summed E-state index contributed by atoms with van der Waals surface area (Å²) >= 11 is 0. The molecule has 2 aromatic rings. The molecule has 142 valence electrons. The third-order valence-corrected chi connectivity index (χ3v) is 4.58. The van der Waals surface area contributed by atoms with Gasteiger partial charge < -0.3 is 19.5 Å². The van der Waals surface area contributed by atoms with Crippen LogP contribution in [0.15, 0.2) is 54.6 Å². The topological polar surface area (TPSA) is 73.9 Å². The van der Waals surface area contributed by atoms with Crippen LogP contribution in [0.1, 0.15) is 25.7 Å². The van der Waals surface area contributed by atoms with Crippen molar-refractivity contribution in [3.8, 4) is 17.2 Å². The molecule has 0 unspecified atom stereocenters. The zero-order valence-corrected chi connectivity index (χ0v) is 15.3. The van der Waals surface area contributed by atoms with Gasteiger partial charge in [0.15, 0.2) is 6.61 Å². The average molecular weight is 369 g/mol. The number of methoxy groups -OCH3 is 1. The minimum Gasteiger partial charge on any atom is -0.484 e. The summed E-state index contributed by atoms with van der Waals surface area (Å²) < 4.78 is 16.1.